The Morgan fingerprint density at radius 2 is 1.87 bits per heavy atom. The SMILES string of the molecule is CCCCN(C(=O)CN1C[C@H](c2cc(OC)c3c(c2)OCO3)[C@@H](C(=O)O)[C@@H]1CCN(C)C(C)=O)c1cccc(CC(C)(C)C)c1. The summed E-state index contributed by atoms with van der Waals surface area (Å²) in [5.41, 5.74) is 2.88. The zero-order valence-corrected chi connectivity index (χ0v) is 27.8. The summed E-state index contributed by atoms with van der Waals surface area (Å²) >= 11 is 0. The molecule has 10 nitrogen and oxygen atoms in total. The first-order valence-corrected chi connectivity index (χ1v) is 15.9. The molecule has 1 saturated heterocycles. The summed E-state index contributed by atoms with van der Waals surface area (Å²) < 4.78 is 16.8. The number of ether oxygens (including phenoxy) is 3. The van der Waals surface area contributed by atoms with Crippen LogP contribution in [0.2, 0.25) is 0 Å². The van der Waals surface area contributed by atoms with Crippen molar-refractivity contribution in [2.45, 2.75) is 72.3 Å². The van der Waals surface area contributed by atoms with Gasteiger partial charge in [-0.3, -0.25) is 19.3 Å². The zero-order valence-electron chi connectivity index (χ0n) is 27.8. The van der Waals surface area contributed by atoms with E-state index in [-0.39, 0.29) is 30.6 Å². The van der Waals surface area contributed by atoms with Crippen LogP contribution in [0.15, 0.2) is 36.4 Å². The van der Waals surface area contributed by atoms with E-state index >= 15 is 0 Å². The largest absolute Gasteiger partial charge is 0.493 e. The van der Waals surface area contributed by atoms with E-state index in [1.54, 1.807) is 11.9 Å². The molecule has 0 bridgehead atoms. The monoisotopic (exact) mass is 623 g/mol. The van der Waals surface area contributed by atoms with Gasteiger partial charge in [0.1, 0.15) is 0 Å². The van der Waals surface area contributed by atoms with Crippen LogP contribution in [0, 0.1) is 11.3 Å². The van der Waals surface area contributed by atoms with Gasteiger partial charge in [0.2, 0.25) is 24.4 Å². The molecule has 0 aliphatic carbocycles. The molecular formula is C35H49N3O7. The molecule has 2 aromatic carbocycles. The summed E-state index contributed by atoms with van der Waals surface area (Å²) in [4.78, 5) is 44.6. The number of anilines is 1. The van der Waals surface area contributed by atoms with Gasteiger partial charge in [0.05, 0.1) is 19.6 Å². The molecule has 0 saturated carbocycles. The third-order valence-electron chi connectivity index (χ3n) is 8.77. The van der Waals surface area contributed by atoms with Crippen LogP contribution in [0.3, 0.4) is 0 Å². The number of nitrogens with zero attached hydrogens (tertiary/aromatic N) is 3. The van der Waals surface area contributed by atoms with Crippen molar-refractivity contribution in [3.8, 4) is 17.2 Å². The highest BCUT2D eigenvalue weighted by molar-refractivity contribution is 5.95. The topological polar surface area (TPSA) is 109 Å². The number of carboxylic acids is 1. The number of fused-ring (bicyclic) bond motifs is 1. The van der Waals surface area contributed by atoms with Gasteiger partial charge in [-0.15, -0.1) is 0 Å². The van der Waals surface area contributed by atoms with Crippen molar-refractivity contribution in [2.24, 2.45) is 11.3 Å². The Hall–Kier alpha value is -3.79. The van der Waals surface area contributed by atoms with Gasteiger partial charge < -0.3 is 29.1 Å². The fourth-order valence-electron chi connectivity index (χ4n) is 6.46. The number of hydrogen-bond donors (Lipinski definition) is 1. The third kappa shape index (κ3) is 8.28. The number of aliphatic carboxylic acids is 1. The van der Waals surface area contributed by atoms with E-state index in [1.807, 2.05) is 34.1 Å². The number of rotatable bonds is 13. The van der Waals surface area contributed by atoms with Crippen LogP contribution in [-0.4, -0.2) is 85.9 Å². The Morgan fingerprint density at radius 3 is 2.51 bits per heavy atom. The van der Waals surface area contributed by atoms with Gasteiger partial charge in [0.15, 0.2) is 11.5 Å². The molecule has 246 valence electrons. The van der Waals surface area contributed by atoms with E-state index in [9.17, 15) is 19.5 Å². The van der Waals surface area contributed by atoms with Crippen molar-refractivity contribution in [3.63, 3.8) is 0 Å². The zero-order chi connectivity index (χ0) is 32.9. The summed E-state index contributed by atoms with van der Waals surface area (Å²) in [5.74, 6) is -0.884. The molecule has 3 atom stereocenters. The fourth-order valence-corrected chi connectivity index (χ4v) is 6.46. The van der Waals surface area contributed by atoms with Gasteiger partial charge in [-0.2, -0.15) is 0 Å². The van der Waals surface area contributed by atoms with Crippen LogP contribution in [0.5, 0.6) is 17.2 Å². The minimum absolute atomic E-state index is 0.0592. The number of amides is 2. The molecule has 1 N–H and O–H groups in total. The number of likely N-dealkylation sites (tertiary alicyclic amines) is 1. The first-order valence-electron chi connectivity index (χ1n) is 15.9. The number of benzene rings is 2. The maximum atomic E-state index is 14.2. The predicted octanol–water partition coefficient (Wildman–Crippen LogP) is 5.18. The molecule has 0 unspecified atom stereocenters. The van der Waals surface area contributed by atoms with E-state index in [0.29, 0.717) is 43.3 Å². The normalized spacial score (nSPS) is 19.4. The number of carbonyl (C=O) groups is 3. The Labute approximate surface area is 267 Å². The lowest BCUT2D eigenvalue weighted by Gasteiger charge is -2.31. The number of carbonyl (C=O) groups excluding carboxylic acids is 2. The lowest BCUT2D eigenvalue weighted by atomic mass is 9.84. The van der Waals surface area contributed by atoms with E-state index in [1.165, 1.54) is 19.6 Å². The van der Waals surface area contributed by atoms with E-state index in [0.717, 1.165) is 30.5 Å². The molecule has 4 rings (SSSR count). The van der Waals surface area contributed by atoms with Crippen molar-refractivity contribution >= 4 is 23.5 Å². The van der Waals surface area contributed by atoms with Crippen LogP contribution >= 0.6 is 0 Å². The highest BCUT2D eigenvalue weighted by Crippen LogP contribution is 2.47. The van der Waals surface area contributed by atoms with E-state index in [4.69, 9.17) is 14.2 Å². The smallest absolute Gasteiger partial charge is 0.308 e. The van der Waals surface area contributed by atoms with Crippen LogP contribution in [0.25, 0.3) is 0 Å². The second kappa shape index (κ2) is 14.5. The van der Waals surface area contributed by atoms with Crippen LogP contribution < -0.4 is 19.1 Å². The maximum absolute atomic E-state index is 14.2. The van der Waals surface area contributed by atoms with Crippen LogP contribution in [0.1, 0.15) is 70.9 Å². The molecule has 2 amide bonds. The Kier molecular flexibility index (Phi) is 11.0. The lowest BCUT2D eigenvalue weighted by Crippen LogP contribution is -2.45. The molecule has 2 aliphatic rings. The highest BCUT2D eigenvalue weighted by atomic mass is 16.7. The first kappa shape index (κ1) is 34.1. The van der Waals surface area contributed by atoms with Crippen molar-refractivity contribution in [3.05, 3.63) is 47.5 Å². The van der Waals surface area contributed by atoms with E-state index in [2.05, 4.69) is 39.8 Å². The second-order valence-corrected chi connectivity index (χ2v) is 13.5. The molecule has 2 aliphatic heterocycles. The van der Waals surface area contributed by atoms with Crippen molar-refractivity contribution in [2.75, 3.05) is 52.0 Å². The number of unbranched alkanes of at least 4 members (excludes halogenated alkanes) is 1. The van der Waals surface area contributed by atoms with Gasteiger partial charge in [-0.05, 0) is 60.1 Å². The molecule has 45 heavy (non-hydrogen) atoms. The Bertz CT molecular complexity index is 1370. The highest BCUT2D eigenvalue weighted by Gasteiger charge is 2.47. The van der Waals surface area contributed by atoms with E-state index < -0.39 is 23.8 Å². The summed E-state index contributed by atoms with van der Waals surface area (Å²) in [5, 5.41) is 10.6. The molecular weight excluding hydrogens is 574 g/mol. The van der Waals surface area contributed by atoms with Crippen molar-refractivity contribution in [1.29, 1.82) is 0 Å². The Balaban J connectivity index is 1.68. The first-order chi connectivity index (χ1) is 21.3. The quantitative estimate of drug-likeness (QED) is 0.325. The molecule has 2 heterocycles. The molecule has 0 spiro atoms. The minimum atomic E-state index is -0.945. The fraction of sp³-hybridized carbons (Fsp3) is 0.571. The summed E-state index contributed by atoms with van der Waals surface area (Å²) in [6.07, 6.45) is 3.08. The van der Waals surface area contributed by atoms with Gasteiger partial charge >= 0.3 is 5.97 Å². The summed E-state index contributed by atoms with van der Waals surface area (Å²) in [6.45, 7) is 11.6. The third-order valence-corrected chi connectivity index (χ3v) is 8.77. The van der Waals surface area contributed by atoms with Crippen LogP contribution in [-0.2, 0) is 20.8 Å². The van der Waals surface area contributed by atoms with Gasteiger partial charge in [0, 0.05) is 51.3 Å². The van der Waals surface area contributed by atoms with Gasteiger partial charge in [0.25, 0.3) is 0 Å². The maximum Gasteiger partial charge on any atom is 0.308 e. The van der Waals surface area contributed by atoms with Crippen LogP contribution in [0.4, 0.5) is 5.69 Å². The molecule has 1 fully saturated rings. The number of carboxylic acid groups (broad SMARTS) is 1. The molecule has 10 heteroatoms. The standard InChI is InChI=1S/C35H49N3O7/c1-8-9-14-38(26-12-10-11-24(16-26)19-35(3,4)5)31(40)21-37-20-27(25-17-29(43-7)33-30(18-25)44-22-45-33)32(34(41)42)28(37)13-15-36(6)23(2)39/h10-12,16-18,27-28,32H,8-9,13-15,19-22H2,1-7H3,(H,41,42)/t27-,28+,32-/m1/s1. The second-order valence-electron chi connectivity index (χ2n) is 13.5. The van der Waals surface area contributed by atoms with Crippen molar-refractivity contribution in [1.82, 2.24) is 9.80 Å². The number of hydrogen-bond acceptors (Lipinski definition) is 7. The molecule has 0 aromatic heterocycles. The average Bonchev–Trinajstić information content (AvgIpc) is 3.59. The minimum Gasteiger partial charge on any atom is -0.493 e. The van der Waals surface area contributed by atoms with Gasteiger partial charge in [-0.1, -0.05) is 46.2 Å². The Morgan fingerprint density at radius 1 is 1.11 bits per heavy atom. The molecule has 0 radical (unpaired) electrons. The summed E-state index contributed by atoms with van der Waals surface area (Å²) in [6, 6.07) is 11.3. The lowest BCUT2D eigenvalue weighted by molar-refractivity contribution is -0.143. The summed E-state index contributed by atoms with van der Waals surface area (Å²) in [7, 11) is 3.25. The number of methoxy groups -OCH3 is 1. The van der Waals surface area contributed by atoms with Crippen molar-refractivity contribution < 1.29 is 33.7 Å². The predicted molar refractivity (Wildman–Crippen MR) is 173 cm³/mol. The average molecular weight is 624 g/mol. The van der Waals surface area contributed by atoms with Gasteiger partial charge in [-0.25, -0.2) is 0 Å². The molecule has 2 aromatic rings.